The van der Waals surface area contributed by atoms with Crippen molar-refractivity contribution in [3.05, 3.63) is 53.2 Å². The quantitative estimate of drug-likeness (QED) is 0.307. The molecule has 1 amide bonds. The minimum atomic E-state index is -0.187. The number of amides is 1. The van der Waals surface area contributed by atoms with Crippen LogP contribution in [0.1, 0.15) is 66.8 Å². The Labute approximate surface area is 202 Å². The van der Waals surface area contributed by atoms with Gasteiger partial charge in [-0.2, -0.15) is 0 Å². The number of aromatic nitrogens is 5. The van der Waals surface area contributed by atoms with E-state index in [0.717, 1.165) is 17.0 Å². The van der Waals surface area contributed by atoms with Crippen LogP contribution in [-0.2, 0) is 6.42 Å². The van der Waals surface area contributed by atoms with Gasteiger partial charge >= 0.3 is 0 Å². The molecule has 2 atom stereocenters. The zero-order valence-corrected chi connectivity index (χ0v) is 20.9. The number of rotatable bonds is 8. The van der Waals surface area contributed by atoms with Gasteiger partial charge in [-0.1, -0.05) is 27.7 Å². The Morgan fingerprint density at radius 2 is 1.94 bits per heavy atom. The summed E-state index contributed by atoms with van der Waals surface area (Å²) in [5.74, 6) is 0.120. The van der Waals surface area contributed by atoms with Gasteiger partial charge in [0.1, 0.15) is 5.52 Å². The number of ketones is 1. The first-order valence-corrected chi connectivity index (χ1v) is 12.2. The molecule has 8 nitrogen and oxygen atoms in total. The van der Waals surface area contributed by atoms with Gasteiger partial charge in [0, 0.05) is 30.6 Å². The Hall–Kier alpha value is -3.33. The Kier molecular flexibility index (Phi) is 6.65. The molecule has 4 heterocycles. The van der Waals surface area contributed by atoms with Gasteiger partial charge in [-0.25, -0.2) is 15.0 Å². The smallest absolute Gasteiger partial charge is 0.255 e. The second kappa shape index (κ2) is 9.50. The van der Waals surface area contributed by atoms with Crippen molar-refractivity contribution >= 4 is 34.2 Å². The number of carbonyl (C=O) groups excluding carboxylic acids is 2. The van der Waals surface area contributed by atoms with E-state index in [9.17, 15) is 9.59 Å². The molecule has 0 spiro atoms. The molecule has 0 bridgehead atoms. The van der Waals surface area contributed by atoms with E-state index in [4.69, 9.17) is 4.98 Å². The van der Waals surface area contributed by atoms with Gasteiger partial charge in [-0.05, 0) is 36.8 Å². The first-order chi connectivity index (χ1) is 16.1. The number of Topliss-reactive ketones (excluding diaryl/α,β-unsaturated/α-hetero) is 1. The Balaban J connectivity index is 1.50. The van der Waals surface area contributed by atoms with Gasteiger partial charge in [-0.3, -0.25) is 9.59 Å². The Morgan fingerprint density at radius 3 is 2.65 bits per heavy atom. The molecule has 4 rings (SSSR count). The monoisotopic (exact) mass is 478 g/mol. The highest BCUT2D eigenvalue weighted by Gasteiger charge is 2.24. The van der Waals surface area contributed by atoms with Gasteiger partial charge in [0.25, 0.3) is 5.91 Å². The van der Waals surface area contributed by atoms with E-state index >= 15 is 0 Å². The third kappa shape index (κ3) is 5.25. The van der Waals surface area contributed by atoms with Crippen molar-refractivity contribution < 1.29 is 9.59 Å². The summed E-state index contributed by atoms with van der Waals surface area (Å²) in [6.45, 7) is 10.3. The largest absolute Gasteiger partial charge is 0.349 e. The lowest BCUT2D eigenvalue weighted by atomic mass is 9.88. The summed E-state index contributed by atoms with van der Waals surface area (Å²) >= 11 is 1.40. The number of nitrogens with zero attached hydrogens (tertiary/aromatic N) is 3. The maximum absolute atomic E-state index is 12.9. The van der Waals surface area contributed by atoms with Crippen molar-refractivity contribution in [3.63, 3.8) is 0 Å². The van der Waals surface area contributed by atoms with Crippen LogP contribution in [0.15, 0.2) is 37.1 Å². The van der Waals surface area contributed by atoms with Crippen LogP contribution in [0.5, 0.6) is 0 Å². The van der Waals surface area contributed by atoms with Crippen molar-refractivity contribution in [3.8, 4) is 10.6 Å². The molecule has 0 radical (unpaired) electrons. The van der Waals surface area contributed by atoms with Crippen molar-refractivity contribution in [2.45, 2.75) is 53.5 Å². The minimum Gasteiger partial charge on any atom is -0.349 e. The maximum atomic E-state index is 12.9. The molecule has 0 unspecified atom stereocenters. The Bertz CT molecular complexity index is 1300. The number of nitrogens with one attached hydrogen (secondary N) is 3. The second-order valence-electron chi connectivity index (χ2n) is 9.89. The first kappa shape index (κ1) is 23.8. The number of fused-ring (bicyclic) bond motifs is 1. The van der Waals surface area contributed by atoms with Crippen LogP contribution < -0.4 is 5.32 Å². The fourth-order valence-corrected chi connectivity index (χ4v) is 4.47. The van der Waals surface area contributed by atoms with Gasteiger partial charge in [0.05, 0.1) is 33.5 Å². The van der Waals surface area contributed by atoms with E-state index in [0.29, 0.717) is 33.7 Å². The number of hydrogen-bond acceptors (Lipinski definition) is 6. The van der Waals surface area contributed by atoms with E-state index in [1.54, 1.807) is 24.9 Å². The average Bonchev–Trinajstić information content (AvgIpc) is 3.52. The molecule has 178 valence electrons. The molecule has 0 aliphatic carbocycles. The molecule has 4 aromatic rings. The lowest BCUT2D eigenvalue weighted by Gasteiger charge is -2.27. The molecule has 9 heteroatoms. The van der Waals surface area contributed by atoms with Crippen molar-refractivity contribution in [1.82, 2.24) is 30.2 Å². The second-order valence-corrected chi connectivity index (χ2v) is 11.0. The van der Waals surface area contributed by atoms with Crippen LogP contribution in [0.4, 0.5) is 0 Å². The highest BCUT2D eigenvalue weighted by molar-refractivity contribution is 7.17. The molecular formula is C25H30N6O2S. The maximum Gasteiger partial charge on any atom is 0.255 e. The molecule has 0 aliphatic rings. The van der Waals surface area contributed by atoms with Gasteiger partial charge in [0.15, 0.2) is 11.4 Å². The van der Waals surface area contributed by atoms with E-state index in [1.165, 1.54) is 11.3 Å². The molecule has 4 aromatic heterocycles. The minimum absolute atomic E-state index is 0.0115. The summed E-state index contributed by atoms with van der Waals surface area (Å²) in [4.78, 5) is 46.5. The third-order valence-electron chi connectivity index (χ3n) is 6.06. The van der Waals surface area contributed by atoms with E-state index in [2.05, 4.69) is 52.9 Å². The number of imidazole rings is 1. The van der Waals surface area contributed by atoms with Crippen molar-refractivity contribution in [2.24, 2.45) is 11.3 Å². The number of aromatic amines is 2. The highest BCUT2D eigenvalue weighted by atomic mass is 32.1. The zero-order valence-electron chi connectivity index (χ0n) is 20.1. The lowest BCUT2D eigenvalue weighted by molar-refractivity contribution is 0.0910. The van der Waals surface area contributed by atoms with E-state index in [-0.39, 0.29) is 29.1 Å². The van der Waals surface area contributed by atoms with Crippen LogP contribution >= 0.6 is 11.3 Å². The van der Waals surface area contributed by atoms with Gasteiger partial charge < -0.3 is 15.3 Å². The summed E-state index contributed by atoms with van der Waals surface area (Å²) in [7, 11) is 0. The molecule has 0 saturated carbocycles. The molecular weight excluding hydrogens is 448 g/mol. The van der Waals surface area contributed by atoms with Crippen LogP contribution in [0, 0.1) is 11.3 Å². The fourth-order valence-electron chi connectivity index (χ4n) is 3.56. The highest BCUT2D eigenvalue weighted by Crippen LogP contribution is 2.30. The van der Waals surface area contributed by atoms with E-state index < -0.39 is 0 Å². The lowest BCUT2D eigenvalue weighted by Crippen LogP contribution is -2.41. The summed E-state index contributed by atoms with van der Waals surface area (Å²) in [5, 5.41) is 3.05. The SMILES string of the molecule is C[C@@H](CC(=O)c1ccc(-c2cnc3[nH]cc(C(=O)N[C@@H](C)C(C)(C)C)c3n2)s1)Cc1cnc[nH]1. The molecule has 3 N–H and O–H groups in total. The van der Waals surface area contributed by atoms with E-state index in [1.807, 2.05) is 19.1 Å². The summed E-state index contributed by atoms with van der Waals surface area (Å²) in [6.07, 6.45) is 7.98. The van der Waals surface area contributed by atoms with Gasteiger partial charge in [0.2, 0.25) is 0 Å². The average molecular weight is 479 g/mol. The molecule has 0 saturated heterocycles. The predicted molar refractivity (Wildman–Crippen MR) is 134 cm³/mol. The number of thiophene rings is 1. The van der Waals surface area contributed by atoms with Gasteiger partial charge in [-0.15, -0.1) is 11.3 Å². The first-order valence-electron chi connectivity index (χ1n) is 11.4. The Morgan fingerprint density at radius 1 is 1.15 bits per heavy atom. The fraction of sp³-hybridized carbons (Fsp3) is 0.400. The summed E-state index contributed by atoms with van der Waals surface area (Å²) in [6, 6.07) is 3.72. The van der Waals surface area contributed by atoms with Crippen LogP contribution in [0.3, 0.4) is 0 Å². The standard InChI is InChI=1S/C25H30N6O2S/c1-14(8-16-10-26-13-29-16)9-19(32)21-7-6-20(34-21)18-12-28-23-22(31-18)17(11-27-23)24(33)30-15(2)25(3,4)5/h6-7,10-15H,8-9H2,1-5H3,(H,26,29)(H,27,28)(H,30,33)/t14-,15+/m1/s1. The zero-order chi connectivity index (χ0) is 24.5. The number of hydrogen-bond donors (Lipinski definition) is 3. The van der Waals surface area contributed by atoms with Crippen molar-refractivity contribution in [1.29, 1.82) is 0 Å². The van der Waals surface area contributed by atoms with Crippen molar-refractivity contribution in [2.75, 3.05) is 0 Å². The summed E-state index contributed by atoms with van der Waals surface area (Å²) < 4.78 is 0. The third-order valence-corrected chi connectivity index (χ3v) is 7.21. The molecule has 0 aliphatic heterocycles. The number of H-pyrrole nitrogens is 2. The number of carbonyl (C=O) groups is 2. The predicted octanol–water partition coefficient (Wildman–Crippen LogP) is 5.03. The van der Waals surface area contributed by atoms with Crippen LogP contribution in [0.2, 0.25) is 0 Å². The normalized spacial score (nSPS) is 13.7. The van der Waals surface area contributed by atoms with Crippen LogP contribution in [0.25, 0.3) is 21.7 Å². The molecule has 34 heavy (non-hydrogen) atoms. The molecule has 0 fully saturated rings. The van der Waals surface area contributed by atoms with Crippen LogP contribution in [-0.4, -0.2) is 42.7 Å². The summed E-state index contributed by atoms with van der Waals surface area (Å²) in [5.41, 5.74) is 3.14. The molecule has 0 aromatic carbocycles. The topological polar surface area (TPSA) is 116 Å².